The average Bonchev–Trinajstić information content (AvgIpc) is 2.46. The van der Waals surface area contributed by atoms with Gasteiger partial charge in [0.25, 0.3) is 0 Å². The maximum absolute atomic E-state index is 12.8. The predicted molar refractivity (Wildman–Crippen MR) is 85.5 cm³/mol. The van der Waals surface area contributed by atoms with Crippen LogP contribution in [-0.2, 0) is 9.53 Å². The Morgan fingerprint density at radius 3 is 2.41 bits per heavy atom. The summed E-state index contributed by atoms with van der Waals surface area (Å²) in [5.74, 6) is 2.88. The number of nitrogens with zero attached hydrogens (tertiary/aromatic N) is 1. The van der Waals surface area contributed by atoms with Crippen LogP contribution in [0.3, 0.4) is 0 Å². The molecular weight excluding hydrogens is 276 g/mol. The lowest BCUT2D eigenvalue weighted by Gasteiger charge is -2.55. The Morgan fingerprint density at radius 1 is 1.18 bits per heavy atom. The number of morpholine rings is 1. The second-order valence-corrected chi connectivity index (χ2v) is 8.50. The SMILES string of the molecule is CN1CCOC(CCNC(=O)C23CC4CC(CC(C4)C2)C3)C1. The zero-order valence-electron chi connectivity index (χ0n) is 13.9. The summed E-state index contributed by atoms with van der Waals surface area (Å²) in [6, 6.07) is 0. The zero-order valence-corrected chi connectivity index (χ0v) is 13.9. The second kappa shape index (κ2) is 5.79. The molecule has 5 aliphatic rings. The molecule has 4 heteroatoms. The summed E-state index contributed by atoms with van der Waals surface area (Å²) in [7, 11) is 2.14. The van der Waals surface area contributed by atoms with Crippen molar-refractivity contribution in [1.29, 1.82) is 0 Å². The molecule has 0 spiro atoms. The quantitative estimate of drug-likeness (QED) is 0.864. The smallest absolute Gasteiger partial charge is 0.226 e. The highest BCUT2D eigenvalue weighted by atomic mass is 16.5. The van der Waals surface area contributed by atoms with Crippen LogP contribution in [0.25, 0.3) is 0 Å². The number of likely N-dealkylation sites (N-methyl/N-ethyl adjacent to an activating group) is 1. The van der Waals surface area contributed by atoms with Gasteiger partial charge in [0.1, 0.15) is 0 Å². The van der Waals surface area contributed by atoms with Crippen LogP contribution < -0.4 is 5.32 Å². The second-order valence-electron chi connectivity index (χ2n) is 8.50. The molecule has 1 unspecified atom stereocenters. The molecule has 0 aromatic rings. The molecule has 124 valence electrons. The van der Waals surface area contributed by atoms with Crippen LogP contribution in [0.15, 0.2) is 0 Å². The zero-order chi connectivity index (χ0) is 15.2. The van der Waals surface area contributed by atoms with Crippen molar-refractivity contribution in [2.45, 2.75) is 51.0 Å². The third-order valence-electron chi connectivity index (χ3n) is 6.61. The molecule has 4 nitrogen and oxygen atoms in total. The average molecular weight is 306 g/mol. The molecule has 0 radical (unpaired) electrons. The summed E-state index contributed by atoms with van der Waals surface area (Å²) >= 11 is 0. The highest BCUT2D eigenvalue weighted by molar-refractivity contribution is 5.83. The summed E-state index contributed by atoms with van der Waals surface area (Å²) in [5, 5.41) is 3.26. The lowest BCUT2D eigenvalue weighted by Crippen LogP contribution is -2.54. The van der Waals surface area contributed by atoms with Crippen molar-refractivity contribution >= 4 is 5.91 Å². The lowest BCUT2D eigenvalue weighted by atomic mass is 9.49. The van der Waals surface area contributed by atoms with Gasteiger partial charge in [-0.05, 0) is 69.7 Å². The number of carbonyl (C=O) groups excluding carboxylic acids is 1. The fourth-order valence-corrected chi connectivity index (χ4v) is 5.96. The number of carbonyl (C=O) groups is 1. The van der Waals surface area contributed by atoms with E-state index in [1.807, 2.05) is 0 Å². The fraction of sp³-hybridized carbons (Fsp3) is 0.944. The summed E-state index contributed by atoms with van der Waals surface area (Å²) in [6.07, 6.45) is 8.91. The van der Waals surface area contributed by atoms with Gasteiger partial charge in [-0.2, -0.15) is 0 Å². The van der Waals surface area contributed by atoms with Gasteiger partial charge in [0.05, 0.1) is 12.7 Å². The Balaban J connectivity index is 1.29. The van der Waals surface area contributed by atoms with E-state index in [0.717, 1.165) is 69.7 Å². The molecule has 1 amide bonds. The molecular formula is C18H30N2O2. The topological polar surface area (TPSA) is 41.6 Å². The van der Waals surface area contributed by atoms with E-state index in [4.69, 9.17) is 4.74 Å². The molecule has 4 bridgehead atoms. The van der Waals surface area contributed by atoms with Crippen LogP contribution in [-0.4, -0.2) is 50.2 Å². The number of hydrogen-bond donors (Lipinski definition) is 1. The molecule has 0 aromatic carbocycles. The summed E-state index contributed by atoms with van der Waals surface area (Å²) in [5.41, 5.74) is -0.00103. The van der Waals surface area contributed by atoms with E-state index in [9.17, 15) is 4.79 Å². The Labute approximate surface area is 134 Å². The summed E-state index contributed by atoms with van der Waals surface area (Å²) in [6.45, 7) is 3.62. The summed E-state index contributed by atoms with van der Waals surface area (Å²) < 4.78 is 5.79. The van der Waals surface area contributed by atoms with Crippen molar-refractivity contribution in [1.82, 2.24) is 10.2 Å². The maximum atomic E-state index is 12.8. The van der Waals surface area contributed by atoms with Crippen LogP contribution >= 0.6 is 0 Å². The van der Waals surface area contributed by atoms with Crippen LogP contribution in [0.5, 0.6) is 0 Å². The first kappa shape index (κ1) is 14.9. The minimum atomic E-state index is -0.00103. The van der Waals surface area contributed by atoms with Gasteiger partial charge < -0.3 is 15.0 Å². The van der Waals surface area contributed by atoms with Gasteiger partial charge >= 0.3 is 0 Å². The van der Waals surface area contributed by atoms with Crippen LogP contribution in [0.4, 0.5) is 0 Å². The highest BCUT2D eigenvalue weighted by Gasteiger charge is 2.54. The molecule has 1 saturated heterocycles. The number of amides is 1. The maximum Gasteiger partial charge on any atom is 0.226 e. The van der Waals surface area contributed by atoms with Crippen LogP contribution in [0.2, 0.25) is 0 Å². The van der Waals surface area contributed by atoms with Gasteiger partial charge in [-0.3, -0.25) is 4.79 Å². The van der Waals surface area contributed by atoms with Crippen molar-refractivity contribution in [2.24, 2.45) is 23.2 Å². The molecule has 4 saturated carbocycles. The first-order valence-electron chi connectivity index (χ1n) is 9.21. The minimum absolute atomic E-state index is 0.00103. The van der Waals surface area contributed by atoms with E-state index in [-0.39, 0.29) is 11.5 Å². The third kappa shape index (κ3) is 2.80. The first-order chi connectivity index (χ1) is 10.6. The number of nitrogens with one attached hydrogen (secondary N) is 1. The molecule has 1 heterocycles. The highest BCUT2D eigenvalue weighted by Crippen LogP contribution is 2.60. The molecule has 1 aliphatic heterocycles. The number of hydrogen-bond acceptors (Lipinski definition) is 3. The van der Waals surface area contributed by atoms with Crippen molar-refractivity contribution in [3.8, 4) is 0 Å². The monoisotopic (exact) mass is 306 g/mol. The fourth-order valence-electron chi connectivity index (χ4n) is 5.96. The predicted octanol–water partition coefficient (Wildman–Crippen LogP) is 2.04. The Hall–Kier alpha value is -0.610. The largest absolute Gasteiger partial charge is 0.375 e. The standard InChI is InChI=1S/C18H30N2O2/c1-20-4-5-22-16(12-20)2-3-19-17(21)18-9-13-6-14(10-18)8-15(7-13)11-18/h13-16H,2-12H2,1H3,(H,19,21). The molecule has 1 N–H and O–H groups in total. The van der Waals surface area contributed by atoms with Crippen molar-refractivity contribution in [2.75, 3.05) is 33.3 Å². The van der Waals surface area contributed by atoms with E-state index < -0.39 is 0 Å². The molecule has 4 aliphatic carbocycles. The molecule has 0 aromatic heterocycles. The van der Waals surface area contributed by atoms with Crippen LogP contribution in [0.1, 0.15) is 44.9 Å². The molecule has 5 fully saturated rings. The van der Waals surface area contributed by atoms with Gasteiger partial charge in [0.2, 0.25) is 5.91 Å². The van der Waals surface area contributed by atoms with Gasteiger partial charge in [-0.1, -0.05) is 0 Å². The summed E-state index contributed by atoms with van der Waals surface area (Å²) in [4.78, 5) is 15.2. The van der Waals surface area contributed by atoms with Gasteiger partial charge in [-0.15, -0.1) is 0 Å². The van der Waals surface area contributed by atoms with E-state index >= 15 is 0 Å². The van der Waals surface area contributed by atoms with Crippen molar-refractivity contribution < 1.29 is 9.53 Å². The van der Waals surface area contributed by atoms with E-state index in [0.29, 0.717) is 5.91 Å². The lowest BCUT2D eigenvalue weighted by molar-refractivity contribution is -0.146. The Morgan fingerprint density at radius 2 is 1.82 bits per heavy atom. The first-order valence-corrected chi connectivity index (χ1v) is 9.21. The van der Waals surface area contributed by atoms with E-state index in [2.05, 4.69) is 17.3 Å². The molecule has 22 heavy (non-hydrogen) atoms. The third-order valence-corrected chi connectivity index (χ3v) is 6.61. The van der Waals surface area contributed by atoms with E-state index in [1.54, 1.807) is 0 Å². The van der Waals surface area contributed by atoms with Crippen LogP contribution in [0, 0.1) is 23.2 Å². The van der Waals surface area contributed by atoms with Crippen molar-refractivity contribution in [3.05, 3.63) is 0 Å². The van der Waals surface area contributed by atoms with Gasteiger partial charge in [0.15, 0.2) is 0 Å². The van der Waals surface area contributed by atoms with E-state index in [1.165, 1.54) is 19.3 Å². The van der Waals surface area contributed by atoms with Gasteiger partial charge in [0, 0.05) is 25.0 Å². The molecule has 5 rings (SSSR count). The Bertz CT molecular complexity index is 402. The van der Waals surface area contributed by atoms with Crippen molar-refractivity contribution in [3.63, 3.8) is 0 Å². The molecule has 1 atom stereocenters. The Kier molecular flexibility index (Phi) is 3.93. The number of rotatable bonds is 4. The normalized spacial score (nSPS) is 44.2. The minimum Gasteiger partial charge on any atom is -0.375 e. The number of ether oxygens (including phenoxy) is 1. The van der Waals surface area contributed by atoms with Gasteiger partial charge in [-0.25, -0.2) is 0 Å².